The van der Waals surface area contributed by atoms with E-state index in [9.17, 15) is 8.42 Å². The van der Waals surface area contributed by atoms with Crippen molar-refractivity contribution in [2.75, 3.05) is 19.0 Å². The highest BCUT2D eigenvalue weighted by molar-refractivity contribution is 7.89. The molecule has 0 radical (unpaired) electrons. The van der Waals surface area contributed by atoms with Crippen LogP contribution in [0.3, 0.4) is 0 Å². The number of ether oxygens (including phenoxy) is 1. The minimum absolute atomic E-state index is 0.0133. The third-order valence-corrected chi connectivity index (χ3v) is 3.33. The normalized spacial score (nSPS) is 15.7. The Labute approximate surface area is 100 Å². The number of nitrogens with zero attached hydrogens (tertiary/aromatic N) is 2. The van der Waals surface area contributed by atoms with Crippen molar-refractivity contribution in [3.8, 4) is 5.75 Å². The van der Waals surface area contributed by atoms with E-state index in [-0.39, 0.29) is 11.0 Å². The topological polar surface area (TPSA) is 85.5 Å². The summed E-state index contributed by atoms with van der Waals surface area (Å²) in [5, 5.41) is 5.16. The van der Waals surface area contributed by atoms with Crippen LogP contribution in [0.4, 0.5) is 5.69 Å². The molecule has 1 fully saturated rings. The van der Waals surface area contributed by atoms with Crippen LogP contribution in [0.5, 0.6) is 5.75 Å². The van der Waals surface area contributed by atoms with Crippen LogP contribution in [0, 0.1) is 0 Å². The first-order valence-electron chi connectivity index (χ1n) is 5.24. The van der Waals surface area contributed by atoms with Gasteiger partial charge in [0.15, 0.2) is 5.75 Å². The van der Waals surface area contributed by atoms with Crippen LogP contribution < -0.4 is 14.8 Å². The quantitative estimate of drug-likeness (QED) is 0.840. The molecule has 1 aliphatic carbocycles. The van der Waals surface area contributed by atoms with Crippen LogP contribution in [0.15, 0.2) is 17.3 Å². The SMILES string of the molecule is CN(C)c1c(OC2CC2)cncc1S(N)(=O)=O. The van der Waals surface area contributed by atoms with E-state index >= 15 is 0 Å². The van der Waals surface area contributed by atoms with Gasteiger partial charge in [0.25, 0.3) is 0 Å². The highest BCUT2D eigenvalue weighted by atomic mass is 32.2. The van der Waals surface area contributed by atoms with Crippen LogP contribution in [0.25, 0.3) is 0 Å². The molecule has 0 spiro atoms. The summed E-state index contributed by atoms with van der Waals surface area (Å²) in [5.74, 6) is 0.462. The molecule has 1 heterocycles. The zero-order valence-electron chi connectivity index (χ0n) is 9.75. The van der Waals surface area contributed by atoms with Crippen molar-refractivity contribution in [2.45, 2.75) is 23.8 Å². The molecule has 94 valence electrons. The Morgan fingerprint density at radius 2 is 2.06 bits per heavy atom. The van der Waals surface area contributed by atoms with Crippen molar-refractivity contribution >= 4 is 15.7 Å². The molecule has 1 aliphatic rings. The molecule has 0 aliphatic heterocycles. The van der Waals surface area contributed by atoms with Gasteiger partial charge in [-0.1, -0.05) is 0 Å². The van der Waals surface area contributed by atoms with Crippen LogP contribution in [-0.2, 0) is 10.0 Å². The maximum atomic E-state index is 11.5. The highest BCUT2D eigenvalue weighted by Crippen LogP contribution is 2.36. The van der Waals surface area contributed by atoms with E-state index in [0.29, 0.717) is 11.4 Å². The smallest absolute Gasteiger partial charge is 0.241 e. The predicted octanol–water partition coefficient (Wildman–Crippen LogP) is 0.336. The van der Waals surface area contributed by atoms with E-state index < -0.39 is 10.0 Å². The lowest BCUT2D eigenvalue weighted by Gasteiger charge is -2.19. The molecule has 2 N–H and O–H groups in total. The Bertz CT molecular complexity index is 524. The Hall–Kier alpha value is -1.34. The molecule has 0 unspecified atom stereocenters. The zero-order valence-corrected chi connectivity index (χ0v) is 10.6. The summed E-state index contributed by atoms with van der Waals surface area (Å²) in [6.45, 7) is 0. The van der Waals surface area contributed by atoms with Crippen LogP contribution in [0.1, 0.15) is 12.8 Å². The number of pyridine rings is 1. The number of nitrogens with two attached hydrogens (primary N) is 1. The summed E-state index contributed by atoms with van der Waals surface area (Å²) in [6.07, 6.45) is 4.91. The van der Waals surface area contributed by atoms with Crippen molar-refractivity contribution in [1.29, 1.82) is 0 Å². The number of hydrogen-bond acceptors (Lipinski definition) is 5. The summed E-state index contributed by atoms with van der Waals surface area (Å²) in [4.78, 5) is 5.52. The average Bonchev–Trinajstić information content (AvgIpc) is 2.99. The molecule has 17 heavy (non-hydrogen) atoms. The van der Waals surface area contributed by atoms with Gasteiger partial charge in [0.2, 0.25) is 10.0 Å². The van der Waals surface area contributed by atoms with E-state index in [4.69, 9.17) is 9.88 Å². The van der Waals surface area contributed by atoms with Crippen molar-refractivity contribution in [3.63, 3.8) is 0 Å². The Morgan fingerprint density at radius 3 is 2.53 bits per heavy atom. The summed E-state index contributed by atoms with van der Waals surface area (Å²) < 4.78 is 28.6. The van der Waals surface area contributed by atoms with Crippen LogP contribution in [-0.4, -0.2) is 33.6 Å². The van der Waals surface area contributed by atoms with Gasteiger partial charge in [0.1, 0.15) is 10.6 Å². The van der Waals surface area contributed by atoms with Gasteiger partial charge < -0.3 is 9.64 Å². The van der Waals surface area contributed by atoms with Gasteiger partial charge in [0, 0.05) is 20.3 Å². The Kier molecular flexibility index (Phi) is 2.96. The van der Waals surface area contributed by atoms with E-state index in [1.54, 1.807) is 19.0 Å². The first-order chi connectivity index (χ1) is 7.89. The number of sulfonamides is 1. The summed E-state index contributed by atoms with van der Waals surface area (Å²) in [5.41, 5.74) is 0.453. The van der Waals surface area contributed by atoms with Crippen LogP contribution >= 0.6 is 0 Å². The molecule has 0 aromatic carbocycles. The van der Waals surface area contributed by atoms with Gasteiger partial charge in [-0.05, 0) is 12.8 Å². The van der Waals surface area contributed by atoms with Gasteiger partial charge in [-0.15, -0.1) is 0 Å². The molecular formula is C10H15N3O3S. The largest absolute Gasteiger partial charge is 0.487 e. The maximum absolute atomic E-state index is 11.5. The second-order valence-electron chi connectivity index (χ2n) is 4.24. The van der Waals surface area contributed by atoms with E-state index in [2.05, 4.69) is 4.98 Å². The number of anilines is 1. The number of hydrogen-bond donors (Lipinski definition) is 1. The molecular weight excluding hydrogens is 242 g/mol. The fraction of sp³-hybridized carbons (Fsp3) is 0.500. The average molecular weight is 257 g/mol. The Balaban J connectivity index is 2.51. The van der Waals surface area contributed by atoms with Crippen molar-refractivity contribution in [2.24, 2.45) is 5.14 Å². The van der Waals surface area contributed by atoms with Gasteiger partial charge in [0.05, 0.1) is 12.3 Å². The minimum atomic E-state index is -3.80. The van der Waals surface area contributed by atoms with Crippen molar-refractivity contribution in [1.82, 2.24) is 4.98 Å². The molecule has 1 aromatic rings. The number of primary sulfonamides is 1. The predicted molar refractivity (Wildman–Crippen MR) is 63.6 cm³/mol. The third-order valence-electron chi connectivity index (χ3n) is 2.42. The molecule has 1 aromatic heterocycles. The second kappa shape index (κ2) is 4.15. The van der Waals surface area contributed by atoms with E-state index in [1.807, 2.05) is 0 Å². The highest BCUT2D eigenvalue weighted by Gasteiger charge is 2.27. The van der Waals surface area contributed by atoms with Crippen molar-refractivity contribution in [3.05, 3.63) is 12.4 Å². The van der Waals surface area contributed by atoms with Gasteiger partial charge in [-0.2, -0.15) is 0 Å². The summed E-state index contributed by atoms with van der Waals surface area (Å²) in [7, 11) is -0.321. The van der Waals surface area contributed by atoms with Gasteiger partial charge in [-0.3, -0.25) is 4.98 Å². The lowest BCUT2D eigenvalue weighted by atomic mass is 10.3. The Morgan fingerprint density at radius 1 is 1.41 bits per heavy atom. The monoisotopic (exact) mass is 257 g/mol. The van der Waals surface area contributed by atoms with E-state index in [1.165, 1.54) is 12.4 Å². The van der Waals surface area contributed by atoms with Crippen LogP contribution in [0.2, 0.25) is 0 Å². The maximum Gasteiger partial charge on any atom is 0.241 e. The lowest BCUT2D eigenvalue weighted by molar-refractivity contribution is 0.302. The molecule has 7 heteroatoms. The number of aromatic nitrogens is 1. The molecule has 0 saturated heterocycles. The molecule has 2 rings (SSSR count). The first-order valence-corrected chi connectivity index (χ1v) is 6.79. The number of rotatable bonds is 4. The molecule has 0 bridgehead atoms. The fourth-order valence-corrected chi connectivity index (χ4v) is 2.28. The summed E-state index contributed by atoms with van der Waals surface area (Å²) >= 11 is 0. The molecule has 0 atom stereocenters. The second-order valence-corrected chi connectivity index (χ2v) is 5.77. The van der Waals surface area contributed by atoms with E-state index in [0.717, 1.165) is 12.8 Å². The molecule has 1 saturated carbocycles. The standard InChI is InChI=1S/C10H15N3O3S/c1-13(2)10-8(16-7-3-4-7)5-12-6-9(10)17(11,14)15/h5-7H,3-4H2,1-2H3,(H2,11,14,15). The summed E-state index contributed by atoms with van der Waals surface area (Å²) in [6, 6.07) is 0. The first kappa shape index (κ1) is 12.1. The zero-order chi connectivity index (χ0) is 12.6. The van der Waals surface area contributed by atoms with Gasteiger partial charge >= 0.3 is 0 Å². The fourth-order valence-electron chi connectivity index (χ4n) is 1.52. The lowest BCUT2D eigenvalue weighted by Crippen LogP contribution is -2.20. The molecule has 0 amide bonds. The third kappa shape index (κ3) is 2.67. The van der Waals surface area contributed by atoms with Gasteiger partial charge in [-0.25, -0.2) is 13.6 Å². The van der Waals surface area contributed by atoms with Crippen molar-refractivity contribution < 1.29 is 13.2 Å². The minimum Gasteiger partial charge on any atom is -0.487 e. The molecule has 6 nitrogen and oxygen atoms in total.